The number of hydrogen-bond donors (Lipinski definition) is 1. The summed E-state index contributed by atoms with van der Waals surface area (Å²) in [4.78, 5) is 12.2. The number of aryl methyl sites for hydroxylation is 1. The van der Waals surface area contributed by atoms with Crippen LogP contribution in [0, 0.1) is 6.92 Å². The number of para-hydroxylation sites is 2. The van der Waals surface area contributed by atoms with E-state index in [1.165, 1.54) is 0 Å². The Morgan fingerprint density at radius 2 is 1.84 bits per heavy atom. The standard InChI is InChI=1S/C18H15N3O4/c1-11-6-8-12(9-7-11)16(22)19-18-21-20-17(25-18)15-10-23-13-4-2-3-5-14(13)24-15/h2-9,15H,10H2,1H3,(H,19,21,22). The number of carbonyl (C=O) groups is 1. The number of rotatable bonds is 3. The fourth-order valence-corrected chi connectivity index (χ4v) is 2.43. The Morgan fingerprint density at radius 3 is 2.64 bits per heavy atom. The predicted molar refractivity (Wildman–Crippen MR) is 88.7 cm³/mol. The van der Waals surface area contributed by atoms with Gasteiger partial charge in [-0.05, 0) is 31.2 Å². The number of amides is 1. The van der Waals surface area contributed by atoms with Gasteiger partial charge < -0.3 is 13.9 Å². The van der Waals surface area contributed by atoms with E-state index in [0.717, 1.165) is 5.56 Å². The third kappa shape index (κ3) is 3.16. The van der Waals surface area contributed by atoms with Crippen LogP contribution in [0.15, 0.2) is 52.9 Å². The van der Waals surface area contributed by atoms with Gasteiger partial charge >= 0.3 is 6.01 Å². The molecule has 0 saturated carbocycles. The molecule has 0 aliphatic carbocycles. The minimum Gasteiger partial charge on any atom is -0.485 e. The monoisotopic (exact) mass is 337 g/mol. The van der Waals surface area contributed by atoms with E-state index in [-0.39, 0.29) is 24.4 Å². The van der Waals surface area contributed by atoms with E-state index in [4.69, 9.17) is 13.9 Å². The second kappa shape index (κ2) is 6.27. The minimum absolute atomic E-state index is 0.0167. The van der Waals surface area contributed by atoms with Crippen molar-refractivity contribution in [3.05, 3.63) is 65.5 Å². The maximum absolute atomic E-state index is 12.2. The molecular weight excluding hydrogens is 322 g/mol. The molecule has 0 radical (unpaired) electrons. The van der Waals surface area contributed by atoms with Gasteiger partial charge in [-0.2, -0.15) is 0 Å². The fraction of sp³-hybridized carbons (Fsp3) is 0.167. The van der Waals surface area contributed by atoms with Gasteiger partial charge in [-0.1, -0.05) is 34.9 Å². The lowest BCUT2D eigenvalue weighted by Crippen LogP contribution is -2.21. The quantitative estimate of drug-likeness (QED) is 0.790. The highest BCUT2D eigenvalue weighted by molar-refractivity contribution is 6.03. The Kier molecular flexibility index (Phi) is 3.81. The normalized spacial score (nSPS) is 15.6. The molecule has 2 aromatic carbocycles. The minimum atomic E-state index is -0.521. The largest absolute Gasteiger partial charge is 0.485 e. The van der Waals surface area contributed by atoms with Gasteiger partial charge in [0.2, 0.25) is 6.10 Å². The van der Waals surface area contributed by atoms with E-state index >= 15 is 0 Å². The number of benzene rings is 2. The third-order valence-corrected chi connectivity index (χ3v) is 3.76. The van der Waals surface area contributed by atoms with Gasteiger partial charge in [0, 0.05) is 5.56 Å². The van der Waals surface area contributed by atoms with Gasteiger partial charge in [-0.15, -0.1) is 5.10 Å². The van der Waals surface area contributed by atoms with Crippen molar-refractivity contribution in [3.8, 4) is 11.5 Å². The molecule has 0 saturated heterocycles. The van der Waals surface area contributed by atoms with Crippen molar-refractivity contribution in [1.82, 2.24) is 10.2 Å². The first-order valence-electron chi connectivity index (χ1n) is 7.79. The molecule has 1 unspecified atom stereocenters. The average molecular weight is 337 g/mol. The van der Waals surface area contributed by atoms with E-state index in [1.54, 1.807) is 18.2 Å². The van der Waals surface area contributed by atoms with Crippen LogP contribution in [-0.2, 0) is 0 Å². The van der Waals surface area contributed by atoms with Gasteiger partial charge in [0.05, 0.1) is 0 Å². The molecule has 0 bridgehead atoms. The van der Waals surface area contributed by atoms with Crippen LogP contribution in [0.3, 0.4) is 0 Å². The molecule has 1 aliphatic heterocycles. The zero-order chi connectivity index (χ0) is 17.2. The first kappa shape index (κ1) is 15.2. The molecule has 1 aliphatic rings. The lowest BCUT2D eigenvalue weighted by atomic mass is 10.1. The summed E-state index contributed by atoms with van der Waals surface area (Å²) < 4.78 is 16.9. The molecule has 2 heterocycles. The second-order valence-corrected chi connectivity index (χ2v) is 5.63. The Hall–Kier alpha value is -3.35. The van der Waals surface area contributed by atoms with Crippen LogP contribution in [0.1, 0.15) is 27.9 Å². The summed E-state index contributed by atoms with van der Waals surface area (Å²) in [6, 6.07) is 14.6. The van der Waals surface area contributed by atoms with E-state index < -0.39 is 6.10 Å². The van der Waals surface area contributed by atoms with E-state index in [2.05, 4.69) is 15.5 Å². The van der Waals surface area contributed by atoms with Crippen molar-refractivity contribution in [2.24, 2.45) is 0 Å². The van der Waals surface area contributed by atoms with Crippen LogP contribution >= 0.6 is 0 Å². The van der Waals surface area contributed by atoms with Crippen LogP contribution in [-0.4, -0.2) is 22.7 Å². The van der Waals surface area contributed by atoms with Crippen molar-refractivity contribution in [1.29, 1.82) is 0 Å². The Bertz CT molecular complexity index is 905. The SMILES string of the molecule is Cc1ccc(C(=O)Nc2nnc(C3COc4ccccc4O3)o2)cc1. The maximum atomic E-state index is 12.2. The van der Waals surface area contributed by atoms with E-state index in [1.807, 2.05) is 37.3 Å². The van der Waals surface area contributed by atoms with Gasteiger partial charge in [0.25, 0.3) is 11.8 Å². The summed E-state index contributed by atoms with van der Waals surface area (Å²) in [6.45, 7) is 2.21. The van der Waals surface area contributed by atoms with Crippen molar-refractivity contribution in [2.45, 2.75) is 13.0 Å². The van der Waals surface area contributed by atoms with Crippen molar-refractivity contribution in [3.63, 3.8) is 0 Å². The molecule has 1 aromatic heterocycles. The highest BCUT2D eigenvalue weighted by Gasteiger charge is 2.27. The summed E-state index contributed by atoms with van der Waals surface area (Å²) >= 11 is 0. The number of anilines is 1. The van der Waals surface area contributed by atoms with Gasteiger partial charge in [0.15, 0.2) is 11.5 Å². The first-order chi connectivity index (χ1) is 12.2. The molecule has 126 valence electrons. The molecule has 1 N–H and O–H groups in total. The maximum Gasteiger partial charge on any atom is 0.322 e. The van der Waals surface area contributed by atoms with E-state index in [9.17, 15) is 4.79 Å². The smallest absolute Gasteiger partial charge is 0.322 e. The number of nitrogens with one attached hydrogen (secondary N) is 1. The zero-order valence-electron chi connectivity index (χ0n) is 13.4. The summed E-state index contributed by atoms with van der Waals surface area (Å²) in [7, 11) is 0. The van der Waals surface area contributed by atoms with Crippen LogP contribution in [0.5, 0.6) is 11.5 Å². The zero-order valence-corrected chi connectivity index (χ0v) is 13.4. The first-order valence-corrected chi connectivity index (χ1v) is 7.79. The molecule has 0 fully saturated rings. The average Bonchev–Trinajstić information content (AvgIpc) is 3.10. The number of fused-ring (bicyclic) bond motifs is 1. The Labute approximate surface area is 143 Å². The van der Waals surface area contributed by atoms with Crippen LogP contribution in [0.25, 0.3) is 0 Å². The molecule has 3 aromatic rings. The van der Waals surface area contributed by atoms with Gasteiger partial charge in [-0.25, -0.2) is 0 Å². The molecule has 0 spiro atoms. The summed E-state index contributed by atoms with van der Waals surface area (Å²) in [5.74, 6) is 1.21. The molecule has 1 atom stereocenters. The molecule has 1 amide bonds. The van der Waals surface area contributed by atoms with Crippen LogP contribution in [0.2, 0.25) is 0 Å². The van der Waals surface area contributed by atoms with E-state index in [0.29, 0.717) is 17.1 Å². The van der Waals surface area contributed by atoms with Crippen molar-refractivity contribution >= 4 is 11.9 Å². The van der Waals surface area contributed by atoms with Crippen molar-refractivity contribution in [2.75, 3.05) is 11.9 Å². The number of ether oxygens (including phenoxy) is 2. The lowest BCUT2D eigenvalue weighted by Gasteiger charge is -2.23. The van der Waals surface area contributed by atoms with Crippen LogP contribution < -0.4 is 14.8 Å². The summed E-state index contributed by atoms with van der Waals surface area (Å²) in [6.07, 6.45) is -0.521. The van der Waals surface area contributed by atoms with Gasteiger partial charge in [0.1, 0.15) is 6.61 Å². The molecule has 7 heteroatoms. The number of hydrogen-bond acceptors (Lipinski definition) is 6. The van der Waals surface area contributed by atoms with Gasteiger partial charge in [-0.3, -0.25) is 10.1 Å². The van der Waals surface area contributed by atoms with Crippen molar-refractivity contribution < 1.29 is 18.7 Å². The fourth-order valence-electron chi connectivity index (χ4n) is 2.43. The highest BCUT2D eigenvalue weighted by Crippen LogP contribution is 2.35. The number of aromatic nitrogens is 2. The number of nitrogens with zero attached hydrogens (tertiary/aromatic N) is 2. The topological polar surface area (TPSA) is 86.5 Å². The lowest BCUT2D eigenvalue weighted by molar-refractivity contribution is 0.0716. The predicted octanol–water partition coefficient (Wildman–Crippen LogP) is 3.14. The Morgan fingerprint density at radius 1 is 1.08 bits per heavy atom. The Balaban J connectivity index is 1.46. The molecule has 7 nitrogen and oxygen atoms in total. The summed E-state index contributed by atoms with van der Waals surface area (Å²) in [5, 5.41) is 10.4. The third-order valence-electron chi connectivity index (χ3n) is 3.76. The number of carbonyl (C=O) groups excluding carboxylic acids is 1. The van der Waals surface area contributed by atoms with Crippen LogP contribution in [0.4, 0.5) is 6.01 Å². The molecule has 4 rings (SSSR count). The molecular formula is C18H15N3O4. The summed E-state index contributed by atoms with van der Waals surface area (Å²) in [5.41, 5.74) is 1.59. The highest BCUT2D eigenvalue weighted by atomic mass is 16.6. The molecule has 25 heavy (non-hydrogen) atoms. The second-order valence-electron chi connectivity index (χ2n) is 5.63.